The lowest BCUT2D eigenvalue weighted by Gasteiger charge is -1.89. The summed E-state index contributed by atoms with van der Waals surface area (Å²) >= 11 is -0.0775. The van der Waals surface area contributed by atoms with Gasteiger partial charge in [-0.05, 0) is 0 Å². The van der Waals surface area contributed by atoms with E-state index in [-0.39, 0.29) is 11.3 Å². The van der Waals surface area contributed by atoms with Crippen molar-refractivity contribution in [1.82, 2.24) is 0 Å². The molecule has 14 heavy (non-hydrogen) atoms. The molecule has 0 atom stereocenters. The lowest BCUT2D eigenvalue weighted by molar-refractivity contribution is 0.476. The first-order valence-corrected chi connectivity index (χ1v) is 6.56. The first-order valence-electron chi connectivity index (χ1n) is 2.86. The Morgan fingerprint density at radius 1 is 1.14 bits per heavy atom. The SMILES string of the molecule is O=S(=O)(O)c1cc(F)c(S(=O)(=O)O)s1. The molecule has 6 nitrogen and oxygen atoms in total. The van der Waals surface area contributed by atoms with Crippen LogP contribution in [-0.2, 0) is 20.2 Å². The molecule has 0 aliphatic heterocycles. The van der Waals surface area contributed by atoms with Gasteiger partial charge in [0.25, 0.3) is 0 Å². The van der Waals surface area contributed by atoms with Crippen molar-refractivity contribution in [3.05, 3.63) is 11.9 Å². The van der Waals surface area contributed by atoms with Gasteiger partial charge in [-0.1, -0.05) is 0 Å². The number of thiophene rings is 1. The van der Waals surface area contributed by atoms with Gasteiger partial charge >= 0.3 is 20.2 Å². The van der Waals surface area contributed by atoms with Gasteiger partial charge in [-0.2, -0.15) is 16.8 Å². The highest BCUT2D eigenvalue weighted by Gasteiger charge is 2.24. The Bertz CT molecular complexity index is 552. The van der Waals surface area contributed by atoms with Gasteiger partial charge < -0.3 is 0 Å². The summed E-state index contributed by atoms with van der Waals surface area (Å²) in [6.45, 7) is 0. The predicted octanol–water partition coefficient (Wildman–Crippen LogP) is 0.381. The van der Waals surface area contributed by atoms with E-state index >= 15 is 0 Å². The van der Waals surface area contributed by atoms with Crippen LogP contribution in [0.3, 0.4) is 0 Å². The van der Waals surface area contributed by atoms with E-state index in [2.05, 4.69) is 0 Å². The van der Waals surface area contributed by atoms with Gasteiger partial charge in [0.15, 0.2) is 14.2 Å². The molecule has 0 unspecified atom stereocenters. The highest BCUT2D eigenvalue weighted by atomic mass is 32.3. The summed E-state index contributed by atoms with van der Waals surface area (Å²) in [5.41, 5.74) is 0. The van der Waals surface area contributed by atoms with E-state index in [1.165, 1.54) is 0 Å². The molecular weight excluding hydrogens is 259 g/mol. The molecule has 0 aliphatic rings. The maximum absolute atomic E-state index is 12.7. The van der Waals surface area contributed by atoms with E-state index in [0.29, 0.717) is 6.07 Å². The van der Waals surface area contributed by atoms with Gasteiger partial charge in [0, 0.05) is 6.07 Å². The molecular formula is C4H3FO6S3. The molecule has 0 bridgehead atoms. The quantitative estimate of drug-likeness (QED) is 0.746. The topological polar surface area (TPSA) is 109 Å². The summed E-state index contributed by atoms with van der Waals surface area (Å²) < 4.78 is 69.3. The lowest BCUT2D eigenvalue weighted by Crippen LogP contribution is -1.96. The summed E-state index contributed by atoms with van der Waals surface area (Å²) in [6.07, 6.45) is 0. The van der Waals surface area contributed by atoms with Gasteiger partial charge in [0.05, 0.1) is 0 Å². The Morgan fingerprint density at radius 3 is 1.86 bits per heavy atom. The minimum absolute atomic E-state index is 0.0775. The molecule has 0 saturated heterocycles. The highest BCUT2D eigenvalue weighted by molar-refractivity contribution is 7.90. The number of rotatable bonds is 2. The fourth-order valence-corrected chi connectivity index (χ4v) is 3.21. The van der Waals surface area contributed by atoms with Crippen molar-refractivity contribution in [2.75, 3.05) is 0 Å². The van der Waals surface area contributed by atoms with E-state index in [0.717, 1.165) is 0 Å². The van der Waals surface area contributed by atoms with E-state index in [1.807, 2.05) is 0 Å². The number of hydrogen-bond donors (Lipinski definition) is 2. The average Bonchev–Trinajstić information content (AvgIpc) is 2.27. The standard InChI is InChI=1S/C4H3FO6S3/c5-2-1-3(13(6,7)8)12-4(2)14(9,10)11/h1H,(H,6,7,8)(H,9,10,11). The zero-order valence-electron chi connectivity index (χ0n) is 6.21. The first kappa shape index (κ1) is 11.5. The number of halogens is 1. The third-order valence-corrected chi connectivity index (χ3v) is 4.87. The minimum atomic E-state index is -4.80. The van der Waals surface area contributed by atoms with Crippen molar-refractivity contribution in [3.63, 3.8) is 0 Å². The van der Waals surface area contributed by atoms with Crippen LogP contribution in [0.1, 0.15) is 0 Å². The second kappa shape index (κ2) is 3.24. The molecule has 2 N–H and O–H groups in total. The van der Waals surface area contributed by atoms with Crippen molar-refractivity contribution >= 4 is 31.6 Å². The van der Waals surface area contributed by atoms with Gasteiger partial charge in [0.2, 0.25) is 0 Å². The van der Waals surface area contributed by atoms with Crippen molar-refractivity contribution in [1.29, 1.82) is 0 Å². The Hall–Kier alpha value is -0.550. The van der Waals surface area contributed by atoms with Crippen molar-refractivity contribution in [3.8, 4) is 0 Å². The van der Waals surface area contributed by atoms with E-state index < -0.39 is 34.5 Å². The van der Waals surface area contributed by atoms with Crippen LogP contribution in [0, 0.1) is 5.82 Å². The van der Waals surface area contributed by atoms with Crippen molar-refractivity contribution in [2.45, 2.75) is 8.42 Å². The maximum atomic E-state index is 12.7. The average molecular weight is 262 g/mol. The van der Waals surface area contributed by atoms with E-state index in [9.17, 15) is 21.2 Å². The Balaban J connectivity index is 3.49. The van der Waals surface area contributed by atoms with Crippen LogP contribution < -0.4 is 0 Å². The first-order chi connectivity index (χ1) is 6.12. The van der Waals surface area contributed by atoms with Crippen LogP contribution in [0.25, 0.3) is 0 Å². The second-order valence-electron chi connectivity index (χ2n) is 2.15. The molecule has 0 fully saturated rings. The fourth-order valence-electron chi connectivity index (χ4n) is 0.635. The molecule has 80 valence electrons. The Labute approximate surface area is 82.5 Å². The van der Waals surface area contributed by atoms with Crippen LogP contribution in [0.5, 0.6) is 0 Å². The molecule has 0 spiro atoms. The molecule has 0 aliphatic carbocycles. The predicted molar refractivity (Wildman–Crippen MR) is 43.9 cm³/mol. The summed E-state index contributed by atoms with van der Waals surface area (Å²) in [7, 11) is -9.47. The normalized spacial score (nSPS) is 13.1. The third-order valence-electron chi connectivity index (χ3n) is 1.12. The molecule has 1 aromatic heterocycles. The maximum Gasteiger partial charge on any atom is 0.307 e. The molecule has 1 heterocycles. The third kappa shape index (κ3) is 2.27. The van der Waals surface area contributed by atoms with Crippen molar-refractivity contribution in [2.24, 2.45) is 0 Å². The Morgan fingerprint density at radius 2 is 1.64 bits per heavy atom. The minimum Gasteiger partial charge on any atom is -0.281 e. The molecule has 0 aromatic carbocycles. The lowest BCUT2D eigenvalue weighted by atomic mass is 10.6. The molecule has 0 saturated carbocycles. The molecule has 0 radical (unpaired) electrons. The van der Waals surface area contributed by atoms with E-state index in [4.69, 9.17) is 9.11 Å². The van der Waals surface area contributed by atoms with Crippen LogP contribution >= 0.6 is 11.3 Å². The zero-order chi connectivity index (χ0) is 11.1. The molecule has 0 amide bonds. The van der Waals surface area contributed by atoms with Crippen LogP contribution in [-0.4, -0.2) is 25.9 Å². The number of hydrogen-bond acceptors (Lipinski definition) is 5. The van der Waals surface area contributed by atoms with Gasteiger partial charge in [0.1, 0.15) is 0 Å². The monoisotopic (exact) mass is 262 g/mol. The van der Waals surface area contributed by atoms with Gasteiger partial charge in [-0.3, -0.25) is 9.11 Å². The molecule has 10 heteroatoms. The van der Waals surface area contributed by atoms with E-state index in [1.54, 1.807) is 0 Å². The Kier molecular flexibility index (Phi) is 2.67. The van der Waals surface area contributed by atoms with Crippen LogP contribution in [0.2, 0.25) is 0 Å². The summed E-state index contributed by atoms with van der Waals surface area (Å²) in [5.74, 6) is -1.43. The smallest absolute Gasteiger partial charge is 0.281 e. The van der Waals surface area contributed by atoms with Gasteiger partial charge in [-0.15, -0.1) is 11.3 Å². The molecule has 1 aromatic rings. The fraction of sp³-hybridized carbons (Fsp3) is 0. The van der Waals surface area contributed by atoms with Crippen LogP contribution in [0.15, 0.2) is 14.5 Å². The second-order valence-corrected chi connectivity index (χ2v) is 6.47. The summed E-state index contributed by atoms with van der Waals surface area (Å²) in [6, 6.07) is 0.309. The summed E-state index contributed by atoms with van der Waals surface area (Å²) in [4.78, 5) is 0. The van der Waals surface area contributed by atoms with Crippen molar-refractivity contribution < 1.29 is 30.3 Å². The van der Waals surface area contributed by atoms with Crippen LogP contribution in [0.4, 0.5) is 4.39 Å². The zero-order valence-corrected chi connectivity index (χ0v) is 8.66. The van der Waals surface area contributed by atoms with Gasteiger partial charge in [-0.25, -0.2) is 4.39 Å². The molecule has 1 rings (SSSR count). The largest absolute Gasteiger partial charge is 0.307 e. The summed E-state index contributed by atoms with van der Waals surface area (Å²) in [5, 5.41) is 0. The highest BCUT2D eigenvalue weighted by Crippen LogP contribution is 2.28.